The second-order valence-corrected chi connectivity index (χ2v) is 4.97. The lowest BCUT2D eigenvalue weighted by Gasteiger charge is -2.32. The molecule has 1 atom stereocenters. The molecule has 3 heteroatoms. The summed E-state index contributed by atoms with van der Waals surface area (Å²) in [6.07, 6.45) is 4.81. The molecule has 0 aliphatic carbocycles. The minimum atomic E-state index is -0.494. The van der Waals surface area contributed by atoms with E-state index in [1.165, 1.54) is 19.3 Å². The van der Waals surface area contributed by atoms with Gasteiger partial charge in [0.2, 0.25) is 0 Å². The van der Waals surface area contributed by atoms with Crippen LogP contribution < -0.4 is 5.32 Å². The first-order chi connectivity index (χ1) is 9.29. The van der Waals surface area contributed by atoms with Gasteiger partial charge in [-0.2, -0.15) is 0 Å². The fraction of sp³-hybridized carbons (Fsp3) is 0.625. The molecule has 2 N–H and O–H groups in total. The monoisotopic (exact) mass is 265 g/mol. The van der Waals surface area contributed by atoms with Crippen molar-refractivity contribution in [1.29, 1.82) is 0 Å². The Hall–Kier alpha value is -0.900. The van der Waals surface area contributed by atoms with E-state index in [2.05, 4.69) is 12.2 Å². The highest BCUT2D eigenvalue weighted by Crippen LogP contribution is 2.20. The van der Waals surface area contributed by atoms with Gasteiger partial charge in [0.1, 0.15) is 0 Å². The molecule has 0 spiro atoms. The van der Waals surface area contributed by atoms with Crippen LogP contribution in [0.1, 0.15) is 38.2 Å². The zero-order valence-electron chi connectivity index (χ0n) is 12.2. The van der Waals surface area contributed by atoms with E-state index in [-0.39, 0.29) is 6.61 Å². The van der Waals surface area contributed by atoms with Gasteiger partial charge in [0, 0.05) is 6.61 Å². The molecular formula is C16H27NO2. The maximum absolute atomic E-state index is 9.73. The van der Waals surface area contributed by atoms with Crippen LogP contribution in [0.4, 0.5) is 0 Å². The summed E-state index contributed by atoms with van der Waals surface area (Å²) in [5.74, 6) is 0. The standard InChI is InChI=1S/C16H27NO2/c1-3-4-5-9-12-19-14-16(13-18,17-2)15-10-7-6-8-11-15/h6-8,10-11,17-18H,3-5,9,12-14H2,1-2H3. The van der Waals surface area contributed by atoms with Crippen molar-refractivity contribution in [3.05, 3.63) is 35.9 Å². The quantitative estimate of drug-likeness (QED) is 0.639. The largest absolute Gasteiger partial charge is 0.394 e. The number of likely N-dealkylation sites (N-methyl/N-ethyl adjacent to an activating group) is 1. The van der Waals surface area contributed by atoms with E-state index >= 15 is 0 Å². The van der Waals surface area contributed by atoms with Crippen molar-refractivity contribution >= 4 is 0 Å². The van der Waals surface area contributed by atoms with E-state index < -0.39 is 5.54 Å². The topological polar surface area (TPSA) is 41.5 Å². The summed E-state index contributed by atoms with van der Waals surface area (Å²) in [5.41, 5.74) is 0.569. The van der Waals surface area contributed by atoms with Crippen molar-refractivity contribution in [1.82, 2.24) is 5.32 Å². The molecule has 108 valence electrons. The number of nitrogens with one attached hydrogen (secondary N) is 1. The number of unbranched alkanes of at least 4 members (excludes halogenated alkanes) is 3. The molecular weight excluding hydrogens is 238 g/mol. The third-order valence-electron chi connectivity index (χ3n) is 3.57. The summed E-state index contributed by atoms with van der Waals surface area (Å²) in [6, 6.07) is 9.99. The SMILES string of the molecule is CCCCCCOCC(CO)(NC)c1ccccc1. The molecule has 0 amide bonds. The van der Waals surface area contributed by atoms with Gasteiger partial charge in [-0.15, -0.1) is 0 Å². The van der Waals surface area contributed by atoms with Gasteiger partial charge in [-0.1, -0.05) is 56.5 Å². The number of rotatable bonds is 10. The fourth-order valence-corrected chi connectivity index (χ4v) is 2.15. The molecule has 0 radical (unpaired) electrons. The number of aliphatic hydroxyl groups is 1. The maximum Gasteiger partial charge on any atom is 0.0903 e. The number of ether oxygens (including phenoxy) is 1. The Labute approximate surface area is 117 Å². The van der Waals surface area contributed by atoms with Crippen LogP contribution >= 0.6 is 0 Å². The van der Waals surface area contributed by atoms with Gasteiger partial charge in [-0.3, -0.25) is 0 Å². The highest BCUT2D eigenvalue weighted by molar-refractivity contribution is 5.24. The van der Waals surface area contributed by atoms with E-state index in [4.69, 9.17) is 4.74 Å². The molecule has 19 heavy (non-hydrogen) atoms. The summed E-state index contributed by atoms with van der Waals surface area (Å²) < 4.78 is 5.76. The van der Waals surface area contributed by atoms with Crippen LogP contribution in [0, 0.1) is 0 Å². The number of benzene rings is 1. The van der Waals surface area contributed by atoms with Gasteiger partial charge in [-0.25, -0.2) is 0 Å². The van der Waals surface area contributed by atoms with Crippen LogP contribution in [0.3, 0.4) is 0 Å². The highest BCUT2D eigenvalue weighted by atomic mass is 16.5. The minimum Gasteiger partial charge on any atom is -0.394 e. The Morgan fingerprint density at radius 1 is 1.16 bits per heavy atom. The molecule has 0 fully saturated rings. The van der Waals surface area contributed by atoms with Gasteiger partial charge in [0.25, 0.3) is 0 Å². The first-order valence-corrected chi connectivity index (χ1v) is 7.22. The fourth-order valence-electron chi connectivity index (χ4n) is 2.15. The van der Waals surface area contributed by atoms with Crippen LogP contribution in [0.15, 0.2) is 30.3 Å². The van der Waals surface area contributed by atoms with E-state index in [1.54, 1.807) is 0 Å². The molecule has 0 aliphatic heterocycles. The molecule has 3 nitrogen and oxygen atoms in total. The van der Waals surface area contributed by atoms with Gasteiger partial charge < -0.3 is 15.2 Å². The van der Waals surface area contributed by atoms with Gasteiger partial charge in [-0.05, 0) is 19.0 Å². The molecule has 0 aromatic heterocycles. The van der Waals surface area contributed by atoms with Crippen molar-refractivity contribution in [3.8, 4) is 0 Å². The molecule has 0 saturated carbocycles. The Kier molecular flexibility index (Phi) is 7.72. The average molecular weight is 265 g/mol. The van der Waals surface area contributed by atoms with E-state index in [0.717, 1.165) is 18.6 Å². The van der Waals surface area contributed by atoms with Crippen LogP contribution in [-0.4, -0.2) is 32.0 Å². The van der Waals surface area contributed by atoms with Gasteiger partial charge in [0.15, 0.2) is 0 Å². The Balaban J connectivity index is 2.48. The summed E-state index contributed by atoms with van der Waals surface area (Å²) in [6.45, 7) is 3.49. The van der Waals surface area contributed by atoms with Crippen LogP contribution in [-0.2, 0) is 10.3 Å². The smallest absolute Gasteiger partial charge is 0.0903 e. The Bertz CT molecular complexity index is 323. The molecule has 0 aliphatic rings. The first-order valence-electron chi connectivity index (χ1n) is 7.22. The summed E-state index contributed by atoms with van der Waals surface area (Å²) in [5, 5.41) is 12.9. The van der Waals surface area contributed by atoms with Crippen molar-refractivity contribution in [2.45, 2.75) is 38.1 Å². The predicted molar refractivity (Wildman–Crippen MR) is 79.2 cm³/mol. The third-order valence-corrected chi connectivity index (χ3v) is 3.57. The Morgan fingerprint density at radius 3 is 2.47 bits per heavy atom. The zero-order valence-corrected chi connectivity index (χ0v) is 12.2. The van der Waals surface area contributed by atoms with Crippen LogP contribution in [0.25, 0.3) is 0 Å². The molecule has 0 saturated heterocycles. The molecule has 0 bridgehead atoms. The van der Waals surface area contributed by atoms with Crippen molar-refractivity contribution in [2.24, 2.45) is 0 Å². The highest BCUT2D eigenvalue weighted by Gasteiger charge is 2.29. The van der Waals surface area contributed by atoms with Crippen molar-refractivity contribution in [2.75, 3.05) is 26.9 Å². The summed E-state index contributed by atoms with van der Waals surface area (Å²) >= 11 is 0. The zero-order chi connectivity index (χ0) is 14.0. The Morgan fingerprint density at radius 2 is 1.89 bits per heavy atom. The predicted octanol–water partition coefficient (Wildman–Crippen LogP) is 2.69. The lowest BCUT2D eigenvalue weighted by molar-refractivity contribution is 0.0358. The van der Waals surface area contributed by atoms with Gasteiger partial charge in [0.05, 0.1) is 18.8 Å². The number of aliphatic hydroxyl groups excluding tert-OH is 1. The molecule has 1 unspecified atom stereocenters. The lowest BCUT2D eigenvalue weighted by Crippen LogP contribution is -2.47. The van der Waals surface area contributed by atoms with Crippen molar-refractivity contribution < 1.29 is 9.84 Å². The number of hydrogen-bond acceptors (Lipinski definition) is 3. The van der Waals surface area contributed by atoms with Crippen LogP contribution in [0.2, 0.25) is 0 Å². The third kappa shape index (κ3) is 4.94. The first kappa shape index (κ1) is 16.2. The molecule has 0 heterocycles. The van der Waals surface area contributed by atoms with Gasteiger partial charge >= 0.3 is 0 Å². The maximum atomic E-state index is 9.73. The number of hydrogen-bond donors (Lipinski definition) is 2. The van der Waals surface area contributed by atoms with E-state index in [1.807, 2.05) is 37.4 Å². The average Bonchev–Trinajstić information content (AvgIpc) is 2.48. The molecule has 1 aromatic carbocycles. The molecule has 1 aromatic rings. The lowest BCUT2D eigenvalue weighted by atomic mass is 9.92. The normalized spacial score (nSPS) is 14.3. The van der Waals surface area contributed by atoms with E-state index in [9.17, 15) is 5.11 Å². The second-order valence-electron chi connectivity index (χ2n) is 4.97. The summed E-state index contributed by atoms with van der Waals surface area (Å²) in [7, 11) is 1.86. The molecule has 1 rings (SSSR count). The van der Waals surface area contributed by atoms with E-state index in [0.29, 0.717) is 6.61 Å². The van der Waals surface area contributed by atoms with Crippen LogP contribution in [0.5, 0.6) is 0 Å². The second kappa shape index (κ2) is 9.08. The van der Waals surface area contributed by atoms with Crippen molar-refractivity contribution in [3.63, 3.8) is 0 Å². The summed E-state index contributed by atoms with van der Waals surface area (Å²) in [4.78, 5) is 0. The minimum absolute atomic E-state index is 0.0302.